The lowest BCUT2D eigenvalue weighted by Crippen LogP contribution is -1.84. The Morgan fingerprint density at radius 3 is 1.86 bits per heavy atom. The molecule has 0 amide bonds. The zero-order chi connectivity index (χ0) is 10.5. The third kappa shape index (κ3) is 11.8. The Morgan fingerprint density at radius 2 is 1.36 bits per heavy atom. The number of rotatable bonds is 11. The maximum absolute atomic E-state index is 10.1. The third-order valence-electron chi connectivity index (χ3n) is 2.39. The van der Waals surface area contributed by atoms with Crippen LogP contribution in [0.2, 0.25) is 0 Å². The van der Waals surface area contributed by atoms with Gasteiger partial charge in [0.1, 0.15) is 0 Å². The molecular formula is C12H23OS+. The van der Waals surface area contributed by atoms with Crippen molar-refractivity contribution in [1.82, 2.24) is 0 Å². The molecule has 0 atom stereocenters. The maximum atomic E-state index is 10.1. The van der Waals surface area contributed by atoms with E-state index < -0.39 is 0 Å². The molecule has 14 heavy (non-hydrogen) atoms. The molecule has 0 aliphatic heterocycles. The van der Waals surface area contributed by atoms with E-state index in [4.69, 9.17) is 0 Å². The van der Waals surface area contributed by atoms with Gasteiger partial charge in [0.2, 0.25) is 5.75 Å². The standard InChI is InChI=1S/C12H23OS/c1-2-3-4-5-6-7-8-9-10-11-12-14-13/h2H,1,3-12H2/q+1. The highest BCUT2D eigenvalue weighted by molar-refractivity contribution is 7.65. The highest BCUT2D eigenvalue weighted by Crippen LogP contribution is 2.09. The topological polar surface area (TPSA) is 17.1 Å². The summed E-state index contributed by atoms with van der Waals surface area (Å²) in [4.78, 5) is 0. The number of unbranched alkanes of at least 4 members (excludes halogenated alkanes) is 8. The lowest BCUT2D eigenvalue weighted by atomic mass is 10.1. The molecular weight excluding hydrogens is 192 g/mol. The minimum Gasteiger partial charge on any atom is -0.103 e. The van der Waals surface area contributed by atoms with E-state index in [1.54, 1.807) is 0 Å². The van der Waals surface area contributed by atoms with E-state index in [2.05, 4.69) is 6.58 Å². The van der Waals surface area contributed by atoms with Gasteiger partial charge in [0.25, 0.3) is 0 Å². The van der Waals surface area contributed by atoms with Crippen LogP contribution in [0.4, 0.5) is 0 Å². The molecule has 0 saturated heterocycles. The summed E-state index contributed by atoms with van der Waals surface area (Å²) < 4.78 is 10.1. The molecule has 0 saturated carbocycles. The van der Waals surface area contributed by atoms with E-state index in [1.807, 2.05) is 6.08 Å². The fourth-order valence-electron chi connectivity index (χ4n) is 1.51. The summed E-state index contributed by atoms with van der Waals surface area (Å²) in [6, 6.07) is 0. The average Bonchev–Trinajstić information content (AvgIpc) is 2.21. The zero-order valence-electron chi connectivity index (χ0n) is 9.17. The second-order valence-corrected chi connectivity index (χ2v) is 4.37. The van der Waals surface area contributed by atoms with Crippen molar-refractivity contribution in [3.8, 4) is 0 Å². The molecule has 0 N–H and O–H groups in total. The van der Waals surface area contributed by atoms with Crippen LogP contribution < -0.4 is 0 Å². The predicted molar refractivity (Wildman–Crippen MR) is 64.7 cm³/mol. The van der Waals surface area contributed by atoms with Crippen molar-refractivity contribution in [2.24, 2.45) is 0 Å². The Balaban J connectivity index is 2.84. The molecule has 0 aromatic heterocycles. The van der Waals surface area contributed by atoms with Crippen LogP contribution in [-0.4, -0.2) is 5.75 Å². The second-order valence-electron chi connectivity index (χ2n) is 3.73. The predicted octanol–water partition coefficient (Wildman–Crippen LogP) is 4.11. The summed E-state index contributed by atoms with van der Waals surface area (Å²) in [7, 11) is 0. The van der Waals surface area contributed by atoms with E-state index in [0.29, 0.717) is 0 Å². The summed E-state index contributed by atoms with van der Waals surface area (Å²) in [6.07, 6.45) is 13.5. The Labute approximate surface area is 92.5 Å². The van der Waals surface area contributed by atoms with Gasteiger partial charge in [0, 0.05) is 10.6 Å². The first-order chi connectivity index (χ1) is 6.91. The van der Waals surface area contributed by atoms with Crippen molar-refractivity contribution in [3.63, 3.8) is 0 Å². The minimum atomic E-state index is 0.720. The molecule has 0 fully saturated rings. The van der Waals surface area contributed by atoms with Gasteiger partial charge in [-0.2, -0.15) is 0 Å². The van der Waals surface area contributed by atoms with Crippen LogP contribution >= 0.6 is 0 Å². The van der Waals surface area contributed by atoms with Crippen molar-refractivity contribution in [1.29, 1.82) is 0 Å². The van der Waals surface area contributed by atoms with E-state index >= 15 is 0 Å². The van der Waals surface area contributed by atoms with Gasteiger partial charge in [0.15, 0.2) is 0 Å². The quantitative estimate of drug-likeness (QED) is 0.288. The van der Waals surface area contributed by atoms with Crippen LogP contribution in [0.5, 0.6) is 0 Å². The van der Waals surface area contributed by atoms with Gasteiger partial charge in [0.05, 0.1) is 0 Å². The largest absolute Gasteiger partial charge is 0.458 e. The Hall–Kier alpha value is -0.240. The summed E-state index contributed by atoms with van der Waals surface area (Å²) in [5.41, 5.74) is 0. The van der Waals surface area contributed by atoms with Crippen LogP contribution in [0, 0.1) is 0 Å². The van der Waals surface area contributed by atoms with Crippen LogP contribution in [0.25, 0.3) is 0 Å². The van der Waals surface area contributed by atoms with E-state index in [-0.39, 0.29) is 0 Å². The zero-order valence-corrected chi connectivity index (χ0v) is 9.99. The van der Waals surface area contributed by atoms with Crippen LogP contribution in [0.15, 0.2) is 12.7 Å². The van der Waals surface area contributed by atoms with Gasteiger partial charge in [-0.05, 0) is 19.3 Å². The van der Waals surface area contributed by atoms with Crippen molar-refractivity contribution >= 4 is 11.7 Å². The highest BCUT2D eigenvalue weighted by atomic mass is 32.1. The van der Waals surface area contributed by atoms with Gasteiger partial charge in [-0.15, -0.1) is 6.58 Å². The molecule has 0 aromatic carbocycles. The fraction of sp³-hybridized carbons (Fsp3) is 0.833. The van der Waals surface area contributed by atoms with Gasteiger partial charge >= 0.3 is 11.7 Å². The number of allylic oxidation sites excluding steroid dienone is 1. The van der Waals surface area contributed by atoms with Crippen molar-refractivity contribution < 1.29 is 4.21 Å². The van der Waals surface area contributed by atoms with Crippen molar-refractivity contribution in [2.75, 3.05) is 5.75 Å². The fourth-order valence-corrected chi connectivity index (χ4v) is 1.83. The summed E-state index contributed by atoms with van der Waals surface area (Å²) in [6.45, 7) is 3.71. The number of hydrogen-bond acceptors (Lipinski definition) is 1. The van der Waals surface area contributed by atoms with Gasteiger partial charge < -0.3 is 0 Å². The van der Waals surface area contributed by atoms with Crippen LogP contribution in [0.3, 0.4) is 0 Å². The maximum Gasteiger partial charge on any atom is 0.458 e. The number of hydrogen-bond donors (Lipinski definition) is 0. The molecule has 0 unspecified atom stereocenters. The Morgan fingerprint density at radius 1 is 0.857 bits per heavy atom. The molecule has 1 nitrogen and oxygen atoms in total. The molecule has 82 valence electrons. The first-order valence-electron chi connectivity index (χ1n) is 5.77. The first-order valence-corrected chi connectivity index (χ1v) is 6.68. The van der Waals surface area contributed by atoms with E-state index in [1.165, 1.54) is 51.4 Å². The minimum absolute atomic E-state index is 0.720. The smallest absolute Gasteiger partial charge is 0.103 e. The first kappa shape index (κ1) is 13.8. The monoisotopic (exact) mass is 215 g/mol. The molecule has 0 aromatic rings. The summed E-state index contributed by atoms with van der Waals surface area (Å²) in [5.74, 6) is 0.791. The lowest BCUT2D eigenvalue weighted by Gasteiger charge is -1.99. The van der Waals surface area contributed by atoms with Gasteiger partial charge in [-0.3, -0.25) is 0 Å². The summed E-state index contributed by atoms with van der Waals surface area (Å²) in [5, 5.41) is 0. The molecule has 0 rings (SSSR count). The average molecular weight is 215 g/mol. The third-order valence-corrected chi connectivity index (χ3v) is 2.84. The summed E-state index contributed by atoms with van der Waals surface area (Å²) >= 11 is 0.720. The van der Waals surface area contributed by atoms with Crippen LogP contribution in [-0.2, 0) is 15.9 Å². The van der Waals surface area contributed by atoms with Crippen molar-refractivity contribution in [2.45, 2.75) is 57.8 Å². The molecule has 2 heteroatoms. The molecule has 0 radical (unpaired) electrons. The van der Waals surface area contributed by atoms with E-state index in [9.17, 15) is 4.21 Å². The normalized spacial score (nSPS) is 10.0. The lowest BCUT2D eigenvalue weighted by molar-refractivity contribution is 0.575. The Bertz CT molecular complexity index is 118. The molecule has 0 aliphatic rings. The van der Waals surface area contributed by atoms with Crippen LogP contribution in [0.1, 0.15) is 57.8 Å². The molecule has 0 aliphatic carbocycles. The second kappa shape index (κ2) is 12.8. The molecule has 0 spiro atoms. The molecule has 0 bridgehead atoms. The van der Waals surface area contributed by atoms with Gasteiger partial charge in [-0.25, -0.2) is 0 Å². The van der Waals surface area contributed by atoms with E-state index in [0.717, 1.165) is 23.8 Å². The Kier molecular flexibility index (Phi) is 12.5. The van der Waals surface area contributed by atoms with Crippen molar-refractivity contribution in [3.05, 3.63) is 12.7 Å². The van der Waals surface area contributed by atoms with Gasteiger partial charge in [-0.1, -0.05) is 38.2 Å². The highest BCUT2D eigenvalue weighted by Gasteiger charge is 1.97. The SMILES string of the molecule is C=CCCCCCCCCCC[S+]=O. The molecule has 0 heterocycles.